The van der Waals surface area contributed by atoms with E-state index in [1.807, 2.05) is 37.3 Å². The standard InChI is InChI=1S/C21H30N6O2.HI/c1-3-8-23-20(28)18-6-4-5-17(14-18)15-24-21(22-2)27-11-9-26(10-12-27)16-19-7-13-29-25-19;/h4-7,13-14H,3,8-12,15-16H2,1-2H3,(H,22,24)(H,23,28);1H. The first kappa shape index (κ1) is 24.1. The second-order valence-electron chi connectivity index (χ2n) is 7.11. The lowest BCUT2D eigenvalue weighted by molar-refractivity contribution is 0.0953. The molecule has 1 aliphatic rings. The number of rotatable bonds is 7. The summed E-state index contributed by atoms with van der Waals surface area (Å²) in [5.41, 5.74) is 2.71. The molecule has 30 heavy (non-hydrogen) atoms. The van der Waals surface area contributed by atoms with E-state index in [0.717, 1.165) is 56.4 Å². The van der Waals surface area contributed by atoms with Crippen LogP contribution in [0.15, 0.2) is 46.1 Å². The minimum Gasteiger partial charge on any atom is -0.364 e. The lowest BCUT2D eigenvalue weighted by atomic mass is 10.1. The predicted molar refractivity (Wildman–Crippen MR) is 128 cm³/mol. The van der Waals surface area contributed by atoms with Gasteiger partial charge in [-0.1, -0.05) is 24.2 Å². The molecule has 1 aromatic carbocycles. The van der Waals surface area contributed by atoms with Gasteiger partial charge in [-0.25, -0.2) is 0 Å². The van der Waals surface area contributed by atoms with Crippen LogP contribution < -0.4 is 10.6 Å². The second kappa shape index (κ2) is 12.5. The molecule has 1 saturated heterocycles. The molecule has 0 spiro atoms. The maximum absolute atomic E-state index is 12.2. The van der Waals surface area contributed by atoms with E-state index in [4.69, 9.17) is 4.52 Å². The Bertz CT molecular complexity index is 804. The van der Waals surface area contributed by atoms with Crippen molar-refractivity contribution in [1.29, 1.82) is 0 Å². The van der Waals surface area contributed by atoms with Gasteiger partial charge in [-0.05, 0) is 24.1 Å². The zero-order valence-corrected chi connectivity index (χ0v) is 20.0. The summed E-state index contributed by atoms with van der Waals surface area (Å²) in [5.74, 6) is 0.855. The van der Waals surface area contributed by atoms with Crippen molar-refractivity contribution in [2.24, 2.45) is 4.99 Å². The van der Waals surface area contributed by atoms with Crippen molar-refractivity contribution in [3.05, 3.63) is 53.4 Å². The highest BCUT2D eigenvalue weighted by molar-refractivity contribution is 14.0. The molecule has 2 aromatic rings. The molecule has 2 N–H and O–H groups in total. The number of piperazine rings is 1. The molecule has 9 heteroatoms. The molecule has 1 aliphatic heterocycles. The van der Waals surface area contributed by atoms with Crippen LogP contribution in [0.1, 0.15) is 35.0 Å². The fourth-order valence-electron chi connectivity index (χ4n) is 3.34. The van der Waals surface area contributed by atoms with Crippen LogP contribution in [0.3, 0.4) is 0 Å². The summed E-state index contributed by atoms with van der Waals surface area (Å²) in [7, 11) is 1.80. The molecular formula is C21H31IN6O2. The molecular weight excluding hydrogens is 495 g/mol. The molecule has 0 unspecified atom stereocenters. The molecule has 8 nitrogen and oxygen atoms in total. The fraction of sp³-hybridized carbons (Fsp3) is 0.476. The van der Waals surface area contributed by atoms with Crippen LogP contribution in [0.2, 0.25) is 0 Å². The maximum Gasteiger partial charge on any atom is 0.251 e. The topological polar surface area (TPSA) is 86.0 Å². The summed E-state index contributed by atoms with van der Waals surface area (Å²) in [6, 6.07) is 9.62. The Balaban J connectivity index is 0.00000320. The average molecular weight is 526 g/mol. The van der Waals surface area contributed by atoms with Gasteiger partial charge in [-0.15, -0.1) is 24.0 Å². The lowest BCUT2D eigenvalue weighted by Crippen LogP contribution is -2.52. The lowest BCUT2D eigenvalue weighted by Gasteiger charge is -2.36. The van der Waals surface area contributed by atoms with E-state index in [1.54, 1.807) is 13.3 Å². The van der Waals surface area contributed by atoms with Gasteiger partial charge < -0.3 is 20.1 Å². The number of aromatic nitrogens is 1. The molecule has 3 rings (SSSR count). The minimum absolute atomic E-state index is 0. The summed E-state index contributed by atoms with van der Waals surface area (Å²) >= 11 is 0. The Morgan fingerprint density at radius 2 is 2.00 bits per heavy atom. The third kappa shape index (κ3) is 6.98. The zero-order chi connectivity index (χ0) is 20.5. The van der Waals surface area contributed by atoms with E-state index in [1.165, 1.54) is 0 Å². The van der Waals surface area contributed by atoms with Gasteiger partial charge in [-0.3, -0.25) is 14.7 Å². The number of nitrogens with zero attached hydrogens (tertiary/aromatic N) is 4. The SMILES string of the molecule is CCCNC(=O)c1cccc(CNC(=NC)N2CCN(Cc3ccon3)CC2)c1.I. The first-order valence-corrected chi connectivity index (χ1v) is 10.1. The van der Waals surface area contributed by atoms with Gasteiger partial charge in [0.05, 0.1) is 5.69 Å². The van der Waals surface area contributed by atoms with E-state index in [9.17, 15) is 4.79 Å². The van der Waals surface area contributed by atoms with Gasteiger partial charge in [0.25, 0.3) is 5.91 Å². The Morgan fingerprint density at radius 1 is 1.20 bits per heavy atom. The van der Waals surface area contributed by atoms with Gasteiger partial charge in [0, 0.05) is 64.5 Å². The summed E-state index contributed by atoms with van der Waals surface area (Å²) in [6.07, 6.45) is 2.54. The molecule has 2 heterocycles. The number of hydrogen-bond donors (Lipinski definition) is 2. The second-order valence-corrected chi connectivity index (χ2v) is 7.11. The molecule has 1 aromatic heterocycles. The average Bonchev–Trinajstić information content (AvgIpc) is 3.27. The smallest absolute Gasteiger partial charge is 0.251 e. The van der Waals surface area contributed by atoms with Crippen molar-refractivity contribution < 1.29 is 9.32 Å². The van der Waals surface area contributed by atoms with Crippen molar-refractivity contribution in [1.82, 2.24) is 25.6 Å². The van der Waals surface area contributed by atoms with Crippen LogP contribution >= 0.6 is 24.0 Å². The Morgan fingerprint density at radius 3 is 2.67 bits per heavy atom. The molecule has 0 bridgehead atoms. The van der Waals surface area contributed by atoms with Crippen molar-refractivity contribution in [2.75, 3.05) is 39.8 Å². The number of benzene rings is 1. The van der Waals surface area contributed by atoms with Crippen molar-refractivity contribution >= 4 is 35.8 Å². The van der Waals surface area contributed by atoms with Crippen LogP contribution in [0, 0.1) is 0 Å². The monoisotopic (exact) mass is 526 g/mol. The zero-order valence-electron chi connectivity index (χ0n) is 17.6. The number of aliphatic imine (C=N–C) groups is 1. The summed E-state index contributed by atoms with van der Waals surface area (Å²) in [6.45, 7) is 7.86. The molecule has 0 atom stereocenters. The normalized spacial score (nSPS) is 14.9. The highest BCUT2D eigenvalue weighted by atomic mass is 127. The molecule has 1 amide bonds. The van der Waals surface area contributed by atoms with Gasteiger partial charge >= 0.3 is 0 Å². The van der Waals surface area contributed by atoms with Gasteiger partial charge in [0.2, 0.25) is 0 Å². The van der Waals surface area contributed by atoms with E-state index < -0.39 is 0 Å². The molecule has 164 valence electrons. The number of halogens is 1. The quantitative estimate of drug-likeness (QED) is 0.328. The van der Waals surface area contributed by atoms with E-state index >= 15 is 0 Å². The number of carbonyl (C=O) groups is 1. The van der Waals surface area contributed by atoms with Crippen LogP contribution in [0.25, 0.3) is 0 Å². The van der Waals surface area contributed by atoms with Crippen molar-refractivity contribution in [3.8, 4) is 0 Å². The van der Waals surface area contributed by atoms with Crippen molar-refractivity contribution in [2.45, 2.75) is 26.4 Å². The number of carbonyl (C=O) groups excluding carboxylic acids is 1. The van der Waals surface area contributed by atoms with Gasteiger partial charge in [0.15, 0.2) is 5.96 Å². The molecule has 0 aliphatic carbocycles. The third-order valence-corrected chi connectivity index (χ3v) is 4.94. The number of hydrogen-bond acceptors (Lipinski definition) is 5. The van der Waals surface area contributed by atoms with Gasteiger partial charge in [-0.2, -0.15) is 0 Å². The Hall–Kier alpha value is -2.14. The van der Waals surface area contributed by atoms with Gasteiger partial charge in [0.1, 0.15) is 6.26 Å². The van der Waals surface area contributed by atoms with Crippen LogP contribution in [0.5, 0.6) is 0 Å². The Kier molecular flexibility index (Phi) is 10.1. The van der Waals surface area contributed by atoms with Crippen LogP contribution in [-0.2, 0) is 13.1 Å². The van der Waals surface area contributed by atoms with E-state index in [2.05, 4.69) is 30.6 Å². The third-order valence-electron chi connectivity index (χ3n) is 4.94. The number of amides is 1. The predicted octanol–water partition coefficient (Wildman–Crippen LogP) is 2.33. The minimum atomic E-state index is -0.0266. The Labute approximate surface area is 195 Å². The highest BCUT2D eigenvalue weighted by Gasteiger charge is 2.20. The molecule has 0 saturated carbocycles. The summed E-state index contributed by atoms with van der Waals surface area (Å²) < 4.78 is 4.91. The largest absolute Gasteiger partial charge is 0.364 e. The van der Waals surface area contributed by atoms with Crippen LogP contribution in [0.4, 0.5) is 0 Å². The van der Waals surface area contributed by atoms with E-state index in [-0.39, 0.29) is 29.9 Å². The summed E-state index contributed by atoms with van der Waals surface area (Å²) in [4.78, 5) is 21.2. The molecule has 0 radical (unpaired) electrons. The maximum atomic E-state index is 12.2. The highest BCUT2D eigenvalue weighted by Crippen LogP contribution is 2.09. The first-order chi connectivity index (χ1) is 14.2. The number of guanidine groups is 1. The van der Waals surface area contributed by atoms with Crippen LogP contribution in [-0.4, -0.2) is 66.6 Å². The number of nitrogens with one attached hydrogen (secondary N) is 2. The summed E-state index contributed by atoms with van der Waals surface area (Å²) in [5, 5.41) is 10.3. The fourth-order valence-corrected chi connectivity index (χ4v) is 3.34. The van der Waals surface area contributed by atoms with E-state index in [0.29, 0.717) is 18.7 Å². The first-order valence-electron chi connectivity index (χ1n) is 10.1. The molecule has 1 fully saturated rings. The van der Waals surface area contributed by atoms with Crippen molar-refractivity contribution in [3.63, 3.8) is 0 Å².